The maximum absolute atomic E-state index is 13.0. The molecule has 0 unspecified atom stereocenters. The zero-order valence-corrected chi connectivity index (χ0v) is 32.1. The Kier molecular flexibility index (Phi) is 15.5. The summed E-state index contributed by atoms with van der Waals surface area (Å²) in [4.78, 5) is 44.3. The van der Waals surface area contributed by atoms with Crippen molar-refractivity contribution in [1.29, 1.82) is 0 Å². The summed E-state index contributed by atoms with van der Waals surface area (Å²) in [6.07, 6.45) is 12.2. The highest BCUT2D eigenvalue weighted by molar-refractivity contribution is 7.80. The van der Waals surface area contributed by atoms with Gasteiger partial charge in [0.15, 0.2) is 9.88 Å². The Balaban J connectivity index is 0.000000872. The van der Waals surface area contributed by atoms with Crippen molar-refractivity contribution in [2.45, 2.75) is 74.4 Å². The van der Waals surface area contributed by atoms with Crippen molar-refractivity contribution in [2.75, 3.05) is 32.7 Å². The first-order chi connectivity index (χ1) is 24.0. The van der Waals surface area contributed by atoms with E-state index in [2.05, 4.69) is 25.7 Å². The molecule has 1 aromatic heterocycles. The van der Waals surface area contributed by atoms with E-state index in [0.29, 0.717) is 31.0 Å². The number of carbonyl (C=O) groups excluding carboxylic acids is 2. The van der Waals surface area contributed by atoms with Crippen LogP contribution < -0.4 is 5.56 Å². The lowest BCUT2D eigenvalue weighted by molar-refractivity contribution is -0.133. The zero-order valence-electron chi connectivity index (χ0n) is 30.4. The summed E-state index contributed by atoms with van der Waals surface area (Å²) in [7, 11) is 0. The Morgan fingerprint density at radius 1 is 0.740 bits per heavy atom. The van der Waals surface area contributed by atoms with Crippen molar-refractivity contribution < 1.29 is 14.7 Å². The molecule has 2 aliphatic rings. The van der Waals surface area contributed by atoms with Gasteiger partial charge in [-0.1, -0.05) is 75.4 Å². The summed E-state index contributed by atoms with van der Waals surface area (Å²) in [6, 6.07) is 9.98. The minimum absolute atomic E-state index is 0.0825. The number of nitrogens with zero attached hydrogens (tertiary/aromatic N) is 5. The lowest BCUT2D eigenvalue weighted by Gasteiger charge is -2.35. The third-order valence-electron chi connectivity index (χ3n) is 8.94. The summed E-state index contributed by atoms with van der Waals surface area (Å²) in [5, 5.41) is 11.0. The number of thiocarbonyl (C=S) groups is 1. The van der Waals surface area contributed by atoms with Crippen LogP contribution in [0.4, 0.5) is 0 Å². The van der Waals surface area contributed by atoms with Crippen LogP contribution >= 0.6 is 24.4 Å². The Hall–Kier alpha value is -4.19. The molecule has 4 rings (SSSR count). The first kappa shape index (κ1) is 40.2. The molecule has 1 aliphatic carbocycles. The van der Waals surface area contributed by atoms with E-state index in [1.165, 1.54) is 34.0 Å². The molecular formula is C39H51N5O4S2. The molecule has 1 N–H and O–H groups in total. The number of hydrogen-bond donors (Lipinski definition) is 1. The van der Waals surface area contributed by atoms with Gasteiger partial charge in [-0.25, -0.2) is 0 Å². The smallest absolute Gasteiger partial charge is 0.265 e. The zero-order chi connectivity index (χ0) is 37.0. The summed E-state index contributed by atoms with van der Waals surface area (Å²) < 4.78 is 3.32. The van der Waals surface area contributed by atoms with Crippen molar-refractivity contribution >= 4 is 53.0 Å². The van der Waals surface area contributed by atoms with Crippen molar-refractivity contribution in [2.24, 2.45) is 0 Å². The van der Waals surface area contributed by atoms with E-state index >= 15 is 0 Å². The van der Waals surface area contributed by atoms with Crippen LogP contribution in [0.1, 0.15) is 72.4 Å². The fourth-order valence-electron chi connectivity index (χ4n) is 6.05. The van der Waals surface area contributed by atoms with Crippen molar-refractivity contribution in [1.82, 2.24) is 23.8 Å². The fourth-order valence-corrected chi connectivity index (χ4v) is 6.90. The van der Waals surface area contributed by atoms with Crippen molar-refractivity contribution in [3.05, 3.63) is 104 Å². The van der Waals surface area contributed by atoms with Gasteiger partial charge >= 0.3 is 0 Å². The summed E-state index contributed by atoms with van der Waals surface area (Å²) in [6.45, 7) is 19.1. The normalized spacial score (nSPS) is 16.1. The highest BCUT2D eigenvalue weighted by atomic mass is 32.1. The highest BCUT2D eigenvalue weighted by Gasteiger charge is 2.37. The predicted octanol–water partition coefficient (Wildman–Crippen LogP) is 7.14. The maximum Gasteiger partial charge on any atom is 0.265 e. The molecule has 2 amide bonds. The number of amides is 2. The van der Waals surface area contributed by atoms with Crippen LogP contribution in [0, 0.1) is 4.77 Å². The standard InChI is InChI=1S/C33H36N4O4S2.C6H15N/c1-5-34-28(38)25(29(39)35(6-2)32(34)42)18-12-16-23-20-21-24(27(23)22-14-10-9-11-15-22)17-13-19-26-30(40)36(7-3)33(43)37(8-4)31(26)41;1-4-7(5-2)6-3/h9-19,38H,5-8,20-21H2,1-4H3;4-6H2,1-3H3/b17-13+,18-12+,23-16+;. The molecule has 0 saturated carbocycles. The first-order valence-corrected chi connectivity index (χ1v) is 18.4. The Labute approximate surface area is 307 Å². The van der Waals surface area contributed by atoms with Gasteiger partial charge in [0.05, 0.1) is 0 Å². The van der Waals surface area contributed by atoms with Crippen LogP contribution in [0.3, 0.4) is 0 Å². The number of carbonyl (C=O) groups is 2. The Morgan fingerprint density at radius 3 is 1.80 bits per heavy atom. The van der Waals surface area contributed by atoms with Gasteiger partial charge in [0, 0.05) is 26.2 Å². The Bertz CT molecular complexity index is 1790. The second-order valence-corrected chi connectivity index (χ2v) is 12.3. The molecule has 11 heteroatoms. The van der Waals surface area contributed by atoms with E-state index in [1.54, 1.807) is 28.9 Å². The molecule has 1 saturated heterocycles. The van der Waals surface area contributed by atoms with E-state index in [-0.39, 0.29) is 39.5 Å². The van der Waals surface area contributed by atoms with Gasteiger partial charge in [-0.15, -0.1) is 0 Å². The van der Waals surface area contributed by atoms with Crippen molar-refractivity contribution in [3.63, 3.8) is 0 Å². The molecule has 268 valence electrons. The molecule has 0 bridgehead atoms. The third-order valence-corrected chi connectivity index (χ3v) is 9.82. The first-order valence-electron chi connectivity index (χ1n) is 17.6. The number of rotatable bonds is 12. The van der Waals surface area contributed by atoms with Crippen LogP contribution in [0.2, 0.25) is 0 Å². The number of aromatic hydroxyl groups is 1. The molecule has 2 heterocycles. The van der Waals surface area contributed by atoms with Gasteiger partial charge in [-0.05, 0) is 119 Å². The third kappa shape index (κ3) is 8.93. The number of hydrogen-bond acceptors (Lipinski definition) is 7. The summed E-state index contributed by atoms with van der Waals surface area (Å²) in [5.41, 5.74) is 4.15. The number of aromatic nitrogens is 2. The Morgan fingerprint density at radius 2 is 1.30 bits per heavy atom. The second kappa shape index (κ2) is 19.3. The van der Waals surface area contributed by atoms with Crippen LogP contribution in [0.25, 0.3) is 11.6 Å². The molecule has 2 aromatic rings. The lowest BCUT2D eigenvalue weighted by atomic mass is 9.97. The van der Waals surface area contributed by atoms with Gasteiger partial charge in [0.2, 0.25) is 5.88 Å². The van der Waals surface area contributed by atoms with Crippen LogP contribution in [-0.2, 0) is 22.7 Å². The lowest BCUT2D eigenvalue weighted by Crippen LogP contribution is -2.55. The van der Waals surface area contributed by atoms with E-state index in [1.807, 2.05) is 70.2 Å². The minimum Gasteiger partial charge on any atom is -0.494 e. The molecular weight excluding hydrogens is 667 g/mol. The molecule has 9 nitrogen and oxygen atoms in total. The van der Waals surface area contributed by atoms with E-state index in [9.17, 15) is 19.5 Å². The largest absolute Gasteiger partial charge is 0.494 e. The minimum atomic E-state index is -0.389. The van der Waals surface area contributed by atoms with Gasteiger partial charge in [-0.2, -0.15) is 0 Å². The maximum atomic E-state index is 13.0. The topological polar surface area (TPSA) is 91.0 Å². The second-order valence-electron chi connectivity index (χ2n) is 11.6. The van der Waals surface area contributed by atoms with Gasteiger partial charge in [0.1, 0.15) is 11.1 Å². The average molecular weight is 718 g/mol. The van der Waals surface area contributed by atoms with E-state index in [4.69, 9.17) is 24.4 Å². The predicted molar refractivity (Wildman–Crippen MR) is 210 cm³/mol. The molecule has 1 aromatic carbocycles. The van der Waals surface area contributed by atoms with E-state index in [0.717, 1.165) is 35.1 Å². The molecule has 1 aliphatic heterocycles. The summed E-state index contributed by atoms with van der Waals surface area (Å²) in [5.74, 6) is -0.921. The molecule has 50 heavy (non-hydrogen) atoms. The molecule has 1 fully saturated rings. The monoisotopic (exact) mass is 717 g/mol. The summed E-state index contributed by atoms with van der Waals surface area (Å²) >= 11 is 10.7. The fraction of sp³-hybridized carbons (Fsp3) is 0.410. The quantitative estimate of drug-likeness (QED) is 0.142. The van der Waals surface area contributed by atoms with E-state index < -0.39 is 0 Å². The van der Waals surface area contributed by atoms with Crippen LogP contribution in [-0.4, -0.2) is 78.6 Å². The van der Waals surface area contributed by atoms with Gasteiger partial charge < -0.3 is 10.0 Å². The van der Waals surface area contributed by atoms with Gasteiger partial charge in [0.25, 0.3) is 17.4 Å². The molecule has 0 spiro atoms. The number of allylic oxidation sites excluding steroid dienone is 8. The molecule has 0 radical (unpaired) electrons. The average Bonchev–Trinajstić information content (AvgIpc) is 3.52. The van der Waals surface area contributed by atoms with Crippen LogP contribution in [0.15, 0.2) is 82.2 Å². The SMILES string of the molecule is CCN(CC)CC.CCN1C(=O)C(=C/C=C/C2=C(c3ccccc3)C(=C/C=C/c3c(O)n(CC)c(=S)n(CC)c3=O)/CC2)C(=O)N(CC)C1=S. The number of likely N-dealkylation sites (N-methyl/N-ethyl adjacent to an activating group) is 2. The highest BCUT2D eigenvalue weighted by Crippen LogP contribution is 2.39. The van der Waals surface area contributed by atoms with Crippen molar-refractivity contribution in [3.8, 4) is 5.88 Å². The van der Waals surface area contributed by atoms with Crippen LogP contribution in [0.5, 0.6) is 5.88 Å². The molecule has 0 atom stereocenters. The number of benzene rings is 1. The van der Waals surface area contributed by atoms with Gasteiger partial charge in [-0.3, -0.25) is 33.3 Å².